The Kier molecular flexibility index (Phi) is 5.83. The summed E-state index contributed by atoms with van der Waals surface area (Å²) in [5.74, 6) is 0.270. The lowest BCUT2D eigenvalue weighted by Gasteiger charge is -2.28. The SMILES string of the molecule is CC(C)C(CCO)NC(=O)C(C)(C)CN. The van der Waals surface area contributed by atoms with Crippen LogP contribution in [0.15, 0.2) is 0 Å². The first-order valence-corrected chi connectivity index (χ1v) is 5.47. The van der Waals surface area contributed by atoms with Gasteiger partial charge in [0.05, 0.1) is 5.41 Å². The molecule has 90 valence electrons. The van der Waals surface area contributed by atoms with Crippen molar-refractivity contribution in [2.24, 2.45) is 17.1 Å². The normalized spacial score (nSPS) is 14.1. The molecule has 0 rings (SSSR count). The smallest absolute Gasteiger partial charge is 0.227 e. The second-order valence-electron chi connectivity index (χ2n) is 4.92. The standard InChI is InChI=1S/C11H24N2O2/c1-8(2)9(5-6-14)13-10(15)11(3,4)7-12/h8-9,14H,5-7,12H2,1-4H3,(H,13,15). The Balaban J connectivity index is 4.35. The third-order valence-corrected chi connectivity index (χ3v) is 2.69. The Hall–Kier alpha value is -0.610. The van der Waals surface area contributed by atoms with Crippen molar-refractivity contribution in [2.45, 2.75) is 40.2 Å². The molecule has 0 aromatic rings. The molecule has 1 amide bonds. The minimum absolute atomic E-state index is 0.0216. The van der Waals surface area contributed by atoms with E-state index in [2.05, 4.69) is 5.32 Å². The average Bonchev–Trinajstić information content (AvgIpc) is 2.16. The van der Waals surface area contributed by atoms with Crippen molar-refractivity contribution in [2.75, 3.05) is 13.2 Å². The van der Waals surface area contributed by atoms with Crippen LogP contribution in [0.5, 0.6) is 0 Å². The van der Waals surface area contributed by atoms with Gasteiger partial charge in [0.1, 0.15) is 0 Å². The maximum atomic E-state index is 11.8. The highest BCUT2D eigenvalue weighted by Gasteiger charge is 2.28. The van der Waals surface area contributed by atoms with E-state index in [1.165, 1.54) is 0 Å². The van der Waals surface area contributed by atoms with Crippen LogP contribution in [0, 0.1) is 11.3 Å². The summed E-state index contributed by atoms with van der Waals surface area (Å²) in [5, 5.41) is 11.8. The molecule has 1 atom stereocenters. The first-order valence-electron chi connectivity index (χ1n) is 5.47. The summed E-state index contributed by atoms with van der Waals surface area (Å²) in [6.45, 7) is 8.10. The third-order valence-electron chi connectivity index (χ3n) is 2.69. The summed E-state index contributed by atoms with van der Waals surface area (Å²) < 4.78 is 0. The van der Waals surface area contributed by atoms with Gasteiger partial charge in [-0.3, -0.25) is 4.79 Å². The minimum atomic E-state index is -0.539. The number of carbonyl (C=O) groups is 1. The maximum Gasteiger partial charge on any atom is 0.227 e. The number of hydrogen-bond donors (Lipinski definition) is 3. The second-order valence-corrected chi connectivity index (χ2v) is 4.92. The minimum Gasteiger partial charge on any atom is -0.396 e. The van der Waals surface area contributed by atoms with E-state index in [-0.39, 0.29) is 18.6 Å². The van der Waals surface area contributed by atoms with Gasteiger partial charge in [0.25, 0.3) is 0 Å². The fraction of sp³-hybridized carbons (Fsp3) is 0.909. The van der Waals surface area contributed by atoms with E-state index in [1.807, 2.05) is 27.7 Å². The lowest BCUT2D eigenvalue weighted by atomic mass is 9.91. The van der Waals surface area contributed by atoms with E-state index >= 15 is 0 Å². The quantitative estimate of drug-likeness (QED) is 0.605. The molecule has 4 heteroatoms. The summed E-state index contributed by atoms with van der Waals surface area (Å²) in [4.78, 5) is 11.8. The second kappa shape index (κ2) is 6.08. The molecular weight excluding hydrogens is 192 g/mol. The van der Waals surface area contributed by atoms with Crippen LogP contribution in [-0.4, -0.2) is 30.2 Å². The van der Waals surface area contributed by atoms with Crippen molar-refractivity contribution >= 4 is 5.91 Å². The van der Waals surface area contributed by atoms with Gasteiger partial charge in [-0.15, -0.1) is 0 Å². The van der Waals surface area contributed by atoms with Crippen LogP contribution in [-0.2, 0) is 4.79 Å². The van der Waals surface area contributed by atoms with E-state index in [0.717, 1.165) is 0 Å². The molecule has 0 saturated heterocycles. The van der Waals surface area contributed by atoms with Gasteiger partial charge in [-0.25, -0.2) is 0 Å². The zero-order valence-electron chi connectivity index (χ0n) is 10.2. The van der Waals surface area contributed by atoms with Crippen LogP contribution in [0.3, 0.4) is 0 Å². The lowest BCUT2D eigenvalue weighted by Crippen LogP contribution is -2.48. The van der Waals surface area contributed by atoms with Gasteiger partial charge in [-0.05, 0) is 26.2 Å². The molecule has 0 aliphatic carbocycles. The first-order chi connectivity index (χ1) is 6.85. The van der Waals surface area contributed by atoms with Crippen molar-refractivity contribution in [1.82, 2.24) is 5.32 Å². The molecule has 0 spiro atoms. The van der Waals surface area contributed by atoms with Crippen molar-refractivity contribution in [3.8, 4) is 0 Å². The number of rotatable bonds is 6. The highest BCUT2D eigenvalue weighted by molar-refractivity contribution is 5.82. The van der Waals surface area contributed by atoms with E-state index in [0.29, 0.717) is 18.9 Å². The van der Waals surface area contributed by atoms with Gasteiger partial charge in [0, 0.05) is 19.2 Å². The molecule has 1 unspecified atom stereocenters. The van der Waals surface area contributed by atoms with Crippen LogP contribution in [0.1, 0.15) is 34.1 Å². The number of carbonyl (C=O) groups excluding carboxylic acids is 1. The van der Waals surface area contributed by atoms with E-state index in [4.69, 9.17) is 10.8 Å². The van der Waals surface area contributed by atoms with Crippen molar-refractivity contribution in [3.05, 3.63) is 0 Å². The highest BCUT2D eigenvalue weighted by Crippen LogP contribution is 2.15. The van der Waals surface area contributed by atoms with Crippen molar-refractivity contribution in [1.29, 1.82) is 0 Å². The Labute approximate surface area is 92.2 Å². The summed E-state index contributed by atoms with van der Waals surface area (Å²) >= 11 is 0. The largest absolute Gasteiger partial charge is 0.396 e. The van der Waals surface area contributed by atoms with Crippen LogP contribution >= 0.6 is 0 Å². The van der Waals surface area contributed by atoms with E-state index in [9.17, 15) is 4.79 Å². The molecule has 0 aliphatic heterocycles. The molecule has 15 heavy (non-hydrogen) atoms. The summed E-state index contributed by atoms with van der Waals surface area (Å²) in [7, 11) is 0. The Morgan fingerprint density at radius 2 is 2.00 bits per heavy atom. The predicted molar refractivity (Wildman–Crippen MR) is 61.3 cm³/mol. The van der Waals surface area contributed by atoms with Crippen molar-refractivity contribution in [3.63, 3.8) is 0 Å². The molecule has 0 aromatic heterocycles. The van der Waals surface area contributed by atoms with Gasteiger partial charge in [-0.1, -0.05) is 13.8 Å². The molecular formula is C11H24N2O2. The molecule has 0 saturated carbocycles. The summed E-state index contributed by atoms with van der Waals surface area (Å²) in [6, 6.07) is 0.0216. The zero-order chi connectivity index (χ0) is 12.1. The number of nitrogens with one attached hydrogen (secondary N) is 1. The fourth-order valence-corrected chi connectivity index (χ4v) is 1.17. The zero-order valence-corrected chi connectivity index (χ0v) is 10.2. The fourth-order valence-electron chi connectivity index (χ4n) is 1.17. The number of aliphatic hydroxyl groups is 1. The molecule has 0 bridgehead atoms. The third kappa shape index (κ3) is 4.62. The summed E-state index contributed by atoms with van der Waals surface area (Å²) in [6.07, 6.45) is 0.587. The molecule has 0 heterocycles. The average molecular weight is 216 g/mol. The summed E-state index contributed by atoms with van der Waals surface area (Å²) in [5.41, 5.74) is 4.98. The molecule has 0 radical (unpaired) electrons. The van der Waals surface area contributed by atoms with Crippen LogP contribution in [0.25, 0.3) is 0 Å². The van der Waals surface area contributed by atoms with E-state index in [1.54, 1.807) is 0 Å². The molecule has 0 aromatic carbocycles. The van der Waals surface area contributed by atoms with Crippen LogP contribution in [0.2, 0.25) is 0 Å². The van der Waals surface area contributed by atoms with Crippen molar-refractivity contribution < 1.29 is 9.90 Å². The highest BCUT2D eigenvalue weighted by atomic mass is 16.3. The number of hydrogen-bond acceptors (Lipinski definition) is 3. The van der Waals surface area contributed by atoms with Crippen LogP contribution in [0.4, 0.5) is 0 Å². The molecule has 0 aliphatic rings. The lowest BCUT2D eigenvalue weighted by molar-refractivity contribution is -0.130. The van der Waals surface area contributed by atoms with Gasteiger partial charge < -0.3 is 16.2 Å². The number of aliphatic hydroxyl groups excluding tert-OH is 1. The van der Waals surface area contributed by atoms with Gasteiger partial charge in [0.15, 0.2) is 0 Å². The first kappa shape index (κ1) is 14.4. The number of amides is 1. The maximum absolute atomic E-state index is 11.8. The Morgan fingerprint density at radius 3 is 2.33 bits per heavy atom. The monoisotopic (exact) mass is 216 g/mol. The Bertz CT molecular complexity index is 203. The van der Waals surface area contributed by atoms with Gasteiger partial charge in [0.2, 0.25) is 5.91 Å². The van der Waals surface area contributed by atoms with Gasteiger partial charge >= 0.3 is 0 Å². The number of nitrogens with two attached hydrogens (primary N) is 1. The topological polar surface area (TPSA) is 75.3 Å². The molecule has 4 nitrogen and oxygen atoms in total. The predicted octanol–water partition coefficient (Wildman–Crippen LogP) is 0.495. The molecule has 4 N–H and O–H groups in total. The molecule has 0 fully saturated rings. The van der Waals surface area contributed by atoms with E-state index < -0.39 is 5.41 Å². The van der Waals surface area contributed by atoms with Gasteiger partial charge in [-0.2, -0.15) is 0 Å². The van der Waals surface area contributed by atoms with Crippen LogP contribution < -0.4 is 11.1 Å². The Morgan fingerprint density at radius 1 is 1.47 bits per heavy atom.